The Hall–Kier alpha value is -2.08. The number of fused-ring (bicyclic) bond motifs is 5. The Morgan fingerprint density at radius 2 is 1.71 bits per heavy atom. The van der Waals surface area contributed by atoms with Crippen molar-refractivity contribution in [2.45, 2.75) is 32.6 Å². The van der Waals surface area contributed by atoms with Crippen molar-refractivity contribution in [2.75, 3.05) is 0 Å². The second kappa shape index (κ2) is 4.21. The van der Waals surface area contributed by atoms with Crippen LogP contribution in [-0.4, -0.2) is 0 Å². The van der Waals surface area contributed by atoms with Gasteiger partial charge < -0.3 is 0 Å². The van der Waals surface area contributed by atoms with Crippen LogP contribution in [0.3, 0.4) is 0 Å². The van der Waals surface area contributed by atoms with Crippen molar-refractivity contribution in [2.24, 2.45) is 0 Å². The predicted molar refractivity (Wildman–Crippen MR) is 90.9 cm³/mol. The van der Waals surface area contributed by atoms with Gasteiger partial charge in [-0.1, -0.05) is 74.0 Å². The molecular weight excluding hydrogens is 252 g/mol. The molecule has 0 saturated carbocycles. The van der Waals surface area contributed by atoms with Gasteiger partial charge in [-0.15, -0.1) is 0 Å². The molecule has 0 aliphatic heterocycles. The lowest BCUT2D eigenvalue weighted by molar-refractivity contribution is 0.564. The molecule has 3 aromatic rings. The highest BCUT2D eigenvalue weighted by molar-refractivity contribution is 6.02. The highest BCUT2D eigenvalue weighted by Gasteiger charge is 2.38. The van der Waals surface area contributed by atoms with Gasteiger partial charge in [0.2, 0.25) is 0 Å². The summed E-state index contributed by atoms with van der Waals surface area (Å²) in [6, 6.07) is 20.3. The van der Waals surface area contributed by atoms with Crippen LogP contribution in [0.2, 0.25) is 0 Å². The summed E-state index contributed by atoms with van der Waals surface area (Å²) in [4.78, 5) is 0. The minimum absolute atomic E-state index is 0.140. The standard InChI is InChI=1S/C21H20/c1-4-21(3)18-12-10-15-7-5-6-8-16(15)20(18)17-11-9-14(2)13-19(17)21/h5-13H,4H2,1-3H3. The van der Waals surface area contributed by atoms with Crippen LogP contribution in [0.1, 0.15) is 37.0 Å². The molecule has 3 aromatic carbocycles. The van der Waals surface area contributed by atoms with E-state index in [1.165, 1.54) is 38.6 Å². The SMILES string of the molecule is CCC1(C)c2cc(C)ccc2-c2c1ccc1ccccc21. The minimum Gasteiger partial charge on any atom is -0.0642 e. The van der Waals surface area contributed by atoms with Gasteiger partial charge in [0, 0.05) is 5.41 Å². The first-order chi connectivity index (χ1) is 10.1. The van der Waals surface area contributed by atoms with E-state index < -0.39 is 0 Å². The van der Waals surface area contributed by atoms with Crippen molar-refractivity contribution in [1.29, 1.82) is 0 Å². The maximum atomic E-state index is 2.39. The fourth-order valence-electron chi connectivity index (χ4n) is 3.88. The van der Waals surface area contributed by atoms with E-state index in [0.717, 1.165) is 6.42 Å². The first-order valence-corrected chi connectivity index (χ1v) is 7.79. The normalized spacial score (nSPS) is 19.6. The van der Waals surface area contributed by atoms with Gasteiger partial charge in [0.1, 0.15) is 0 Å². The number of rotatable bonds is 1. The predicted octanol–water partition coefficient (Wildman–Crippen LogP) is 5.84. The van der Waals surface area contributed by atoms with Crippen LogP contribution < -0.4 is 0 Å². The van der Waals surface area contributed by atoms with Crippen molar-refractivity contribution >= 4 is 10.8 Å². The molecule has 21 heavy (non-hydrogen) atoms. The lowest BCUT2D eigenvalue weighted by Gasteiger charge is -2.26. The van der Waals surface area contributed by atoms with E-state index in [-0.39, 0.29) is 5.41 Å². The summed E-state index contributed by atoms with van der Waals surface area (Å²) < 4.78 is 0. The third kappa shape index (κ3) is 1.56. The third-order valence-corrected chi connectivity index (χ3v) is 5.27. The van der Waals surface area contributed by atoms with E-state index in [2.05, 4.69) is 75.4 Å². The maximum Gasteiger partial charge on any atom is 0.0184 e. The fraction of sp³-hybridized carbons (Fsp3) is 0.238. The van der Waals surface area contributed by atoms with E-state index >= 15 is 0 Å². The summed E-state index contributed by atoms with van der Waals surface area (Å²) >= 11 is 0. The monoisotopic (exact) mass is 272 g/mol. The van der Waals surface area contributed by atoms with Crippen molar-refractivity contribution in [3.8, 4) is 11.1 Å². The molecule has 0 radical (unpaired) electrons. The summed E-state index contributed by atoms with van der Waals surface area (Å²) in [6.45, 7) is 6.89. The van der Waals surface area contributed by atoms with Crippen LogP contribution in [0.5, 0.6) is 0 Å². The van der Waals surface area contributed by atoms with E-state index in [1.807, 2.05) is 0 Å². The van der Waals surface area contributed by atoms with Crippen molar-refractivity contribution in [3.05, 3.63) is 71.3 Å². The highest BCUT2D eigenvalue weighted by atomic mass is 14.4. The molecule has 0 nitrogen and oxygen atoms in total. The van der Waals surface area contributed by atoms with Gasteiger partial charge in [0.05, 0.1) is 0 Å². The van der Waals surface area contributed by atoms with Crippen LogP contribution >= 0.6 is 0 Å². The van der Waals surface area contributed by atoms with Crippen LogP contribution in [0.15, 0.2) is 54.6 Å². The zero-order valence-corrected chi connectivity index (χ0v) is 12.9. The van der Waals surface area contributed by atoms with Crippen LogP contribution in [0.25, 0.3) is 21.9 Å². The van der Waals surface area contributed by atoms with E-state index in [0.29, 0.717) is 0 Å². The largest absolute Gasteiger partial charge is 0.0642 e. The molecule has 1 aliphatic rings. The molecule has 1 atom stereocenters. The molecular formula is C21H20. The summed E-state index contributed by atoms with van der Waals surface area (Å²) in [5.74, 6) is 0. The average molecular weight is 272 g/mol. The zero-order chi connectivity index (χ0) is 14.6. The second-order valence-corrected chi connectivity index (χ2v) is 6.44. The molecule has 0 aromatic heterocycles. The van der Waals surface area contributed by atoms with Gasteiger partial charge in [-0.2, -0.15) is 0 Å². The van der Waals surface area contributed by atoms with E-state index in [9.17, 15) is 0 Å². The molecule has 0 fully saturated rings. The number of aryl methyl sites for hydroxylation is 1. The van der Waals surface area contributed by atoms with Gasteiger partial charge in [-0.05, 0) is 46.4 Å². The zero-order valence-electron chi connectivity index (χ0n) is 12.9. The Labute approximate surface area is 126 Å². The summed E-state index contributed by atoms with van der Waals surface area (Å²) in [7, 11) is 0. The van der Waals surface area contributed by atoms with Gasteiger partial charge in [-0.25, -0.2) is 0 Å². The quantitative estimate of drug-likeness (QED) is 0.521. The highest BCUT2D eigenvalue weighted by Crippen LogP contribution is 2.52. The number of hydrogen-bond acceptors (Lipinski definition) is 0. The molecule has 0 saturated heterocycles. The van der Waals surface area contributed by atoms with Crippen molar-refractivity contribution in [1.82, 2.24) is 0 Å². The molecule has 0 heteroatoms. The Kier molecular flexibility index (Phi) is 2.53. The Morgan fingerprint density at radius 3 is 2.52 bits per heavy atom. The molecule has 0 heterocycles. The number of hydrogen-bond donors (Lipinski definition) is 0. The van der Waals surface area contributed by atoms with Crippen LogP contribution in [-0.2, 0) is 5.41 Å². The molecule has 1 aliphatic carbocycles. The lowest BCUT2D eigenvalue weighted by atomic mass is 9.77. The first kappa shape index (κ1) is 12.6. The number of benzene rings is 3. The third-order valence-electron chi connectivity index (χ3n) is 5.27. The van der Waals surface area contributed by atoms with Crippen LogP contribution in [0, 0.1) is 6.92 Å². The molecule has 0 N–H and O–H groups in total. The molecule has 0 amide bonds. The maximum absolute atomic E-state index is 2.39. The Morgan fingerprint density at radius 1 is 0.905 bits per heavy atom. The Balaban J connectivity index is 2.18. The molecule has 4 rings (SSSR count). The van der Waals surface area contributed by atoms with Gasteiger partial charge in [-0.3, -0.25) is 0 Å². The molecule has 1 unspecified atom stereocenters. The van der Waals surface area contributed by atoms with Gasteiger partial charge in [0.15, 0.2) is 0 Å². The topological polar surface area (TPSA) is 0 Å². The smallest absolute Gasteiger partial charge is 0.0184 e. The van der Waals surface area contributed by atoms with Gasteiger partial charge >= 0.3 is 0 Å². The van der Waals surface area contributed by atoms with Crippen molar-refractivity contribution < 1.29 is 0 Å². The Bertz CT molecular complexity index is 857. The second-order valence-electron chi connectivity index (χ2n) is 6.44. The fourth-order valence-corrected chi connectivity index (χ4v) is 3.88. The van der Waals surface area contributed by atoms with E-state index in [4.69, 9.17) is 0 Å². The summed E-state index contributed by atoms with van der Waals surface area (Å²) in [6.07, 6.45) is 1.13. The van der Waals surface area contributed by atoms with Gasteiger partial charge in [0.25, 0.3) is 0 Å². The minimum atomic E-state index is 0.140. The molecule has 104 valence electrons. The molecule has 0 spiro atoms. The first-order valence-electron chi connectivity index (χ1n) is 7.79. The lowest BCUT2D eigenvalue weighted by Crippen LogP contribution is -2.19. The average Bonchev–Trinajstić information content (AvgIpc) is 2.77. The molecule has 0 bridgehead atoms. The summed E-state index contributed by atoms with van der Waals surface area (Å²) in [5.41, 5.74) is 7.36. The van der Waals surface area contributed by atoms with Crippen LogP contribution in [0.4, 0.5) is 0 Å². The van der Waals surface area contributed by atoms with Crippen molar-refractivity contribution in [3.63, 3.8) is 0 Å². The summed E-state index contributed by atoms with van der Waals surface area (Å²) in [5, 5.41) is 2.72. The van der Waals surface area contributed by atoms with E-state index in [1.54, 1.807) is 0 Å².